The first kappa shape index (κ1) is 17.6. The third-order valence-electron chi connectivity index (χ3n) is 3.23. The van der Waals surface area contributed by atoms with Crippen molar-refractivity contribution in [3.05, 3.63) is 58.1 Å². The van der Waals surface area contributed by atoms with E-state index in [0.29, 0.717) is 22.3 Å². The van der Waals surface area contributed by atoms with Gasteiger partial charge < -0.3 is 10.1 Å². The number of anilines is 1. The number of nitrogens with zero attached hydrogens (tertiary/aromatic N) is 1. The van der Waals surface area contributed by atoms with E-state index in [1.807, 2.05) is 36.2 Å². The van der Waals surface area contributed by atoms with Crippen LogP contribution < -0.4 is 10.1 Å². The van der Waals surface area contributed by atoms with Gasteiger partial charge in [-0.3, -0.25) is 9.69 Å². The number of rotatable bonds is 6. The fourth-order valence-corrected chi connectivity index (χ4v) is 2.67. The Morgan fingerprint density at radius 1 is 1.17 bits per heavy atom. The van der Waals surface area contributed by atoms with Gasteiger partial charge in [-0.25, -0.2) is 0 Å². The Hall–Kier alpha value is -1.75. The molecule has 0 aliphatic rings. The van der Waals surface area contributed by atoms with Crippen LogP contribution in [0.25, 0.3) is 0 Å². The SMILES string of the molecule is COc1cccc(CN(C)CC(=O)Nc2c(Cl)cccc2Cl)c1. The summed E-state index contributed by atoms with van der Waals surface area (Å²) in [5.74, 6) is 0.619. The molecule has 0 aliphatic heterocycles. The first-order valence-electron chi connectivity index (χ1n) is 7.05. The molecule has 2 aromatic rings. The van der Waals surface area contributed by atoms with Crippen molar-refractivity contribution in [1.29, 1.82) is 0 Å². The molecule has 0 saturated carbocycles. The molecular weight excluding hydrogens is 335 g/mol. The molecule has 0 unspecified atom stereocenters. The second kappa shape index (κ2) is 8.20. The number of benzene rings is 2. The number of amides is 1. The molecule has 4 nitrogen and oxygen atoms in total. The van der Waals surface area contributed by atoms with Gasteiger partial charge in [-0.1, -0.05) is 41.4 Å². The summed E-state index contributed by atoms with van der Waals surface area (Å²) in [4.78, 5) is 14.0. The monoisotopic (exact) mass is 352 g/mol. The zero-order valence-corrected chi connectivity index (χ0v) is 14.5. The van der Waals surface area contributed by atoms with Crippen molar-refractivity contribution in [3.8, 4) is 5.75 Å². The number of hydrogen-bond donors (Lipinski definition) is 1. The second-order valence-corrected chi connectivity index (χ2v) is 5.98. The minimum absolute atomic E-state index is 0.176. The predicted octanol–water partition coefficient (Wildman–Crippen LogP) is 4.07. The maximum atomic E-state index is 12.1. The van der Waals surface area contributed by atoms with Gasteiger partial charge in [0.2, 0.25) is 5.91 Å². The molecule has 2 aromatic carbocycles. The summed E-state index contributed by atoms with van der Waals surface area (Å²) < 4.78 is 5.20. The van der Waals surface area contributed by atoms with Crippen LogP contribution in [0.1, 0.15) is 5.56 Å². The lowest BCUT2D eigenvalue weighted by molar-refractivity contribution is -0.117. The van der Waals surface area contributed by atoms with Gasteiger partial charge in [-0.15, -0.1) is 0 Å². The summed E-state index contributed by atoms with van der Waals surface area (Å²) >= 11 is 12.1. The lowest BCUT2D eigenvalue weighted by Crippen LogP contribution is -2.30. The van der Waals surface area contributed by atoms with Crippen LogP contribution in [-0.4, -0.2) is 31.5 Å². The molecule has 122 valence electrons. The van der Waals surface area contributed by atoms with Crippen molar-refractivity contribution in [3.63, 3.8) is 0 Å². The van der Waals surface area contributed by atoms with Gasteiger partial charge in [0.05, 0.1) is 29.4 Å². The molecule has 0 fully saturated rings. The van der Waals surface area contributed by atoms with Crippen molar-refractivity contribution < 1.29 is 9.53 Å². The summed E-state index contributed by atoms with van der Waals surface area (Å²) in [5, 5.41) is 3.58. The molecule has 0 aromatic heterocycles. The molecule has 0 radical (unpaired) electrons. The van der Waals surface area contributed by atoms with Gasteiger partial charge >= 0.3 is 0 Å². The van der Waals surface area contributed by atoms with Gasteiger partial charge in [0.15, 0.2) is 0 Å². The van der Waals surface area contributed by atoms with Gasteiger partial charge in [0.25, 0.3) is 0 Å². The predicted molar refractivity (Wildman–Crippen MR) is 94.4 cm³/mol. The largest absolute Gasteiger partial charge is 0.497 e. The first-order chi connectivity index (χ1) is 11.0. The van der Waals surface area contributed by atoms with Crippen molar-refractivity contribution in [2.75, 3.05) is 26.0 Å². The van der Waals surface area contributed by atoms with E-state index in [1.54, 1.807) is 25.3 Å². The normalized spacial score (nSPS) is 10.7. The Kier molecular flexibility index (Phi) is 6.28. The molecule has 23 heavy (non-hydrogen) atoms. The van der Waals surface area contributed by atoms with E-state index < -0.39 is 0 Å². The zero-order valence-electron chi connectivity index (χ0n) is 13.0. The van der Waals surface area contributed by atoms with Gasteiger partial charge in [0.1, 0.15) is 5.75 Å². The summed E-state index contributed by atoms with van der Waals surface area (Å²) in [5.41, 5.74) is 1.51. The van der Waals surface area contributed by atoms with E-state index in [-0.39, 0.29) is 12.5 Å². The number of methoxy groups -OCH3 is 1. The first-order valence-corrected chi connectivity index (χ1v) is 7.80. The highest BCUT2D eigenvalue weighted by Gasteiger charge is 2.12. The highest BCUT2D eigenvalue weighted by atomic mass is 35.5. The number of carbonyl (C=O) groups is 1. The van der Waals surface area contributed by atoms with E-state index in [2.05, 4.69) is 5.32 Å². The highest BCUT2D eigenvalue weighted by molar-refractivity contribution is 6.39. The van der Waals surface area contributed by atoms with Crippen molar-refractivity contribution in [1.82, 2.24) is 4.90 Å². The molecule has 0 heterocycles. The number of nitrogens with one attached hydrogen (secondary N) is 1. The van der Waals surface area contributed by atoms with Crippen LogP contribution in [-0.2, 0) is 11.3 Å². The van der Waals surface area contributed by atoms with E-state index in [4.69, 9.17) is 27.9 Å². The topological polar surface area (TPSA) is 41.6 Å². The lowest BCUT2D eigenvalue weighted by atomic mass is 10.2. The second-order valence-electron chi connectivity index (χ2n) is 5.17. The Labute approximate surface area is 146 Å². The molecule has 6 heteroatoms. The van der Waals surface area contributed by atoms with Crippen molar-refractivity contribution in [2.24, 2.45) is 0 Å². The highest BCUT2D eigenvalue weighted by Crippen LogP contribution is 2.29. The van der Waals surface area contributed by atoms with E-state index in [1.165, 1.54) is 0 Å². The van der Waals surface area contributed by atoms with Crippen LogP contribution in [0.5, 0.6) is 5.75 Å². The molecule has 1 amide bonds. The van der Waals surface area contributed by atoms with Gasteiger partial charge in [-0.2, -0.15) is 0 Å². The lowest BCUT2D eigenvalue weighted by Gasteiger charge is -2.17. The zero-order chi connectivity index (χ0) is 16.8. The minimum Gasteiger partial charge on any atom is -0.497 e. The summed E-state index contributed by atoms with van der Waals surface area (Å²) in [7, 11) is 3.50. The summed E-state index contributed by atoms with van der Waals surface area (Å²) in [6, 6.07) is 12.8. The Balaban J connectivity index is 1.94. The quantitative estimate of drug-likeness (QED) is 0.851. The third kappa shape index (κ3) is 5.13. The number of para-hydroxylation sites is 1. The minimum atomic E-state index is -0.176. The maximum absolute atomic E-state index is 12.1. The average molecular weight is 353 g/mol. The Morgan fingerprint density at radius 2 is 1.83 bits per heavy atom. The summed E-state index contributed by atoms with van der Waals surface area (Å²) in [6.45, 7) is 0.847. The maximum Gasteiger partial charge on any atom is 0.238 e. The van der Waals surface area contributed by atoms with Crippen molar-refractivity contribution >= 4 is 34.8 Å². The fraction of sp³-hybridized carbons (Fsp3) is 0.235. The van der Waals surface area contributed by atoms with E-state index in [0.717, 1.165) is 11.3 Å². The molecule has 0 aliphatic carbocycles. The molecule has 2 rings (SSSR count). The fourth-order valence-electron chi connectivity index (χ4n) is 2.18. The third-order valence-corrected chi connectivity index (χ3v) is 3.86. The molecule has 0 saturated heterocycles. The van der Waals surface area contributed by atoms with E-state index in [9.17, 15) is 4.79 Å². The molecule has 0 atom stereocenters. The number of ether oxygens (including phenoxy) is 1. The number of hydrogen-bond acceptors (Lipinski definition) is 3. The standard InChI is InChI=1S/C17H18Cl2N2O2/c1-21(10-12-5-3-6-13(9-12)23-2)11-16(22)20-17-14(18)7-4-8-15(17)19/h3-9H,10-11H2,1-2H3,(H,20,22). The number of likely N-dealkylation sites (N-methyl/N-ethyl adjacent to an activating group) is 1. The molecular formula is C17H18Cl2N2O2. The van der Waals surface area contributed by atoms with Crippen LogP contribution in [0, 0.1) is 0 Å². The summed E-state index contributed by atoms with van der Waals surface area (Å²) in [6.07, 6.45) is 0. The molecule has 0 spiro atoms. The van der Waals surface area contributed by atoms with Crippen LogP contribution >= 0.6 is 23.2 Å². The van der Waals surface area contributed by atoms with Gasteiger partial charge in [-0.05, 0) is 36.9 Å². The number of carbonyl (C=O) groups excluding carboxylic acids is 1. The number of halogens is 2. The van der Waals surface area contributed by atoms with Crippen LogP contribution in [0.3, 0.4) is 0 Å². The smallest absolute Gasteiger partial charge is 0.238 e. The van der Waals surface area contributed by atoms with Crippen LogP contribution in [0.4, 0.5) is 5.69 Å². The average Bonchev–Trinajstić information content (AvgIpc) is 2.51. The van der Waals surface area contributed by atoms with Crippen LogP contribution in [0.2, 0.25) is 10.0 Å². The van der Waals surface area contributed by atoms with Gasteiger partial charge in [0, 0.05) is 6.54 Å². The van der Waals surface area contributed by atoms with E-state index >= 15 is 0 Å². The molecule has 0 bridgehead atoms. The Bertz CT molecular complexity index is 672. The van der Waals surface area contributed by atoms with Crippen molar-refractivity contribution in [2.45, 2.75) is 6.54 Å². The van der Waals surface area contributed by atoms with Crippen LogP contribution in [0.15, 0.2) is 42.5 Å². The Morgan fingerprint density at radius 3 is 2.48 bits per heavy atom. The molecule has 1 N–H and O–H groups in total.